The minimum absolute atomic E-state index is 0.0894. The third-order valence-electron chi connectivity index (χ3n) is 7.61. The molecule has 41 heavy (non-hydrogen) atoms. The maximum atomic E-state index is 15.4. The molecule has 0 radical (unpaired) electrons. The van der Waals surface area contributed by atoms with Crippen molar-refractivity contribution in [1.29, 1.82) is 0 Å². The van der Waals surface area contributed by atoms with Gasteiger partial charge >= 0.3 is 5.97 Å². The number of aliphatic carboxylic acids is 1. The van der Waals surface area contributed by atoms with Crippen LogP contribution in [0.5, 0.6) is 11.6 Å². The number of rotatable bonds is 10. The second kappa shape index (κ2) is 13.9. The average molecular weight is 567 g/mol. The highest BCUT2D eigenvalue weighted by atomic mass is 19.1. The van der Waals surface area contributed by atoms with Gasteiger partial charge in [0.25, 0.3) is 0 Å². The molecule has 220 valence electrons. The predicted octanol–water partition coefficient (Wildman–Crippen LogP) is 7.38. The van der Waals surface area contributed by atoms with Crippen molar-refractivity contribution in [3.8, 4) is 22.8 Å². The predicted molar refractivity (Wildman–Crippen MR) is 155 cm³/mol. The highest BCUT2D eigenvalue weighted by Gasteiger charge is 2.27. The molecule has 2 aliphatic rings. The standard InChI is InChI=1S/C30H34F2N2O4.C3H6/c1-5-34(6-2)17-22-14-20(9-11-23(22)24-15-27(37-4)33-16-25(24)31)26-12-10-19-7-8-21(13-18(3)30(35)36)28(32)29(19)38-26;1-2-3-1/h7-9,11,14-16,18,26H,5-6,10,12-13,17H2,1-4H3,(H,35,36);1-3H2. The summed E-state index contributed by atoms with van der Waals surface area (Å²) < 4.78 is 41.7. The number of aromatic nitrogens is 1. The van der Waals surface area contributed by atoms with Crippen LogP contribution in [0.1, 0.15) is 74.8 Å². The molecule has 6 nitrogen and oxygen atoms in total. The van der Waals surface area contributed by atoms with Gasteiger partial charge in [0.2, 0.25) is 5.88 Å². The van der Waals surface area contributed by atoms with Crippen molar-refractivity contribution in [3.05, 3.63) is 76.5 Å². The molecule has 1 aliphatic heterocycles. The van der Waals surface area contributed by atoms with Crippen LogP contribution in [0, 0.1) is 17.6 Å². The van der Waals surface area contributed by atoms with Crippen LogP contribution in [-0.4, -0.2) is 41.2 Å². The van der Waals surface area contributed by atoms with Crippen LogP contribution < -0.4 is 9.47 Å². The summed E-state index contributed by atoms with van der Waals surface area (Å²) in [5.74, 6) is -2.08. The highest BCUT2D eigenvalue weighted by molar-refractivity contribution is 5.70. The lowest BCUT2D eigenvalue weighted by atomic mass is 9.91. The van der Waals surface area contributed by atoms with Crippen molar-refractivity contribution >= 4 is 5.97 Å². The van der Waals surface area contributed by atoms with E-state index in [2.05, 4.69) is 23.7 Å². The number of halogens is 2. The molecular weight excluding hydrogens is 526 g/mol. The summed E-state index contributed by atoms with van der Waals surface area (Å²) in [7, 11) is 1.50. The van der Waals surface area contributed by atoms with Crippen LogP contribution in [0.2, 0.25) is 0 Å². The molecule has 2 aromatic carbocycles. The molecule has 0 saturated heterocycles. The van der Waals surface area contributed by atoms with E-state index in [1.165, 1.54) is 26.4 Å². The Labute approximate surface area is 241 Å². The van der Waals surface area contributed by atoms with Crippen molar-refractivity contribution in [1.82, 2.24) is 9.88 Å². The molecule has 1 fully saturated rings. The Balaban J connectivity index is 0.00000121. The second-order valence-corrected chi connectivity index (χ2v) is 10.8. The number of hydrogen-bond acceptors (Lipinski definition) is 5. The van der Waals surface area contributed by atoms with Crippen molar-refractivity contribution in [2.24, 2.45) is 5.92 Å². The molecule has 1 aliphatic carbocycles. The van der Waals surface area contributed by atoms with E-state index in [0.717, 1.165) is 41.5 Å². The van der Waals surface area contributed by atoms with Gasteiger partial charge in [-0.2, -0.15) is 0 Å². The average Bonchev–Trinajstić information content (AvgIpc) is 3.87. The number of ether oxygens (including phenoxy) is 2. The highest BCUT2D eigenvalue weighted by Crippen LogP contribution is 2.40. The van der Waals surface area contributed by atoms with E-state index < -0.39 is 23.5 Å². The van der Waals surface area contributed by atoms with Crippen LogP contribution in [-0.2, 0) is 24.2 Å². The monoisotopic (exact) mass is 566 g/mol. The topological polar surface area (TPSA) is 71.9 Å². The van der Waals surface area contributed by atoms with Crippen molar-refractivity contribution < 1.29 is 28.2 Å². The Kier molecular flexibility index (Phi) is 10.3. The third-order valence-corrected chi connectivity index (χ3v) is 7.61. The molecule has 0 spiro atoms. The van der Waals surface area contributed by atoms with Gasteiger partial charge in [-0.3, -0.25) is 9.69 Å². The summed E-state index contributed by atoms with van der Waals surface area (Å²) in [5.41, 5.74) is 4.06. The van der Waals surface area contributed by atoms with Gasteiger partial charge in [-0.15, -0.1) is 0 Å². The first-order valence-electron chi connectivity index (χ1n) is 14.5. The van der Waals surface area contributed by atoms with Gasteiger partial charge < -0.3 is 14.6 Å². The molecule has 0 bridgehead atoms. The van der Waals surface area contributed by atoms with E-state index in [1.807, 2.05) is 24.3 Å². The van der Waals surface area contributed by atoms with Crippen LogP contribution in [0.25, 0.3) is 11.1 Å². The zero-order valence-electron chi connectivity index (χ0n) is 24.4. The number of pyridine rings is 1. The lowest BCUT2D eigenvalue weighted by Gasteiger charge is -2.29. The summed E-state index contributed by atoms with van der Waals surface area (Å²) in [4.78, 5) is 17.5. The number of hydrogen-bond donors (Lipinski definition) is 1. The quantitative estimate of drug-likeness (QED) is 0.276. The normalized spacial score (nSPS) is 16.2. The first kappa shape index (κ1) is 30.4. The van der Waals surface area contributed by atoms with Gasteiger partial charge in [0.05, 0.1) is 19.2 Å². The molecular formula is C33H40F2N2O4. The Morgan fingerprint density at radius 1 is 1.10 bits per heavy atom. The smallest absolute Gasteiger partial charge is 0.306 e. The van der Waals surface area contributed by atoms with Gasteiger partial charge in [-0.1, -0.05) is 70.4 Å². The SMILES string of the molecule is C1CC1.CCN(CC)Cc1cc(C2CCc3ccc(CC(C)C(=O)O)c(F)c3O2)ccc1-c1cc(OC)ncc1F. The number of carboxylic acids is 1. The molecule has 1 saturated carbocycles. The van der Waals surface area contributed by atoms with Crippen molar-refractivity contribution in [3.63, 3.8) is 0 Å². The molecule has 2 heterocycles. The summed E-state index contributed by atoms with van der Waals surface area (Å²) in [6.07, 6.45) is 6.67. The van der Waals surface area contributed by atoms with Gasteiger partial charge in [0.1, 0.15) is 11.9 Å². The number of aryl methyl sites for hydroxylation is 1. The lowest BCUT2D eigenvalue weighted by molar-refractivity contribution is -0.141. The Morgan fingerprint density at radius 2 is 1.83 bits per heavy atom. The molecule has 1 N–H and O–H groups in total. The zero-order valence-corrected chi connectivity index (χ0v) is 24.4. The number of fused-ring (bicyclic) bond motifs is 1. The summed E-state index contributed by atoms with van der Waals surface area (Å²) >= 11 is 0. The minimum Gasteiger partial charge on any atom is -0.482 e. The summed E-state index contributed by atoms with van der Waals surface area (Å²) in [6, 6.07) is 10.9. The van der Waals surface area contributed by atoms with Gasteiger partial charge in [0.15, 0.2) is 11.6 Å². The fourth-order valence-corrected chi connectivity index (χ4v) is 4.89. The van der Waals surface area contributed by atoms with Gasteiger partial charge in [-0.25, -0.2) is 13.8 Å². The second-order valence-electron chi connectivity index (χ2n) is 10.8. The van der Waals surface area contributed by atoms with Crippen LogP contribution >= 0.6 is 0 Å². The van der Waals surface area contributed by atoms with E-state index in [-0.39, 0.29) is 18.3 Å². The minimum atomic E-state index is -0.968. The van der Waals surface area contributed by atoms with Crippen molar-refractivity contribution in [2.75, 3.05) is 20.2 Å². The maximum absolute atomic E-state index is 15.4. The molecule has 0 amide bonds. The molecule has 2 atom stereocenters. The number of carboxylic acid groups (broad SMARTS) is 1. The Hall–Kier alpha value is -3.52. The van der Waals surface area contributed by atoms with Crippen LogP contribution in [0.4, 0.5) is 8.78 Å². The van der Waals surface area contributed by atoms with E-state index in [9.17, 15) is 14.3 Å². The first-order valence-corrected chi connectivity index (χ1v) is 14.5. The number of methoxy groups -OCH3 is 1. The Morgan fingerprint density at radius 3 is 2.46 bits per heavy atom. The maximum Gasteiger partial charge on any atom is 0.306 e. The Bertz CT molecular complexity index is 1350. The van der Waals surface area contributed by atoms with E-state index in [1.54, 1.807) is 19.1 Å². The fraction of sp³-hybridized carbons (Fsp3) is 0.455. The molecule has 1 aromatic heterocycles. The van der Waals surface area contributed by atoms with Gasteiger partial charge in [0, 0.05) is 18.2 Å². The first-order chi connectivity index (χ1) is 19.7. The lowest BCUT2D eigenvalue weighted by Crippen LogP contribution is -2.23. The van der Waals surface area contributed by atoms with Crippen LogP contribution in [0.3, 0.4) is 0 Å². The third kappa shape index (κ3) is 7.61. The van der Waals surface area contributed by atoms with E-state index in [4.69, 9.17) is 9.47 Å². The van der Waals surface area contributed by atoms with Gasteiger partial charge in [-0.05, 0) is 60.2 Å². The molecule has 3 aromatic rings. The number of benzene rings is 2. The largest absolute Gasteiger partial charge is 0.482 e. The number of carbonyl (C=O) groups is 1. The zero-order chi connectivity index (χ0) is 29.5. The van der Waals surface area contributed by atoms with E-state index >= 15 is 4.39 Å². The molecule has 8 heteroatoms. The molecule has 5 rings (SSSR count). The van der Waals surface area contributed by atoms with E-state index in [0.29, 0.717) is 36.4 Å². The summed E-state index contributed by atoms with van der Waals surface area (Å²) in [5, 5.41) is 9.25. The fourth-order valence-electron chi connectivity index (χ4n) is 4.89. The van der Waals surface area contributed by atoms with Crippen molar-refractivity contribution in [2.45, 2.75) is 71.9 Å². The summed E-state index contributed by atoms with van der Waals surface area (Å²) in [6.45, 7) is 7.99. The van der Waals surface area contributed by atoms with Crippen LogP contribution in [0.15, 0.2) is 42.6 Å². The molecule has 2 unspecified atom stereocenters. The number of nitrogens with zero attached hydrogens (tertiary/aromatic N) is 2.